The van der Waals surface area contributed by atoms with Crippen molar-refractivity contribution >= 4 is 15.7 Å². The first-order valence-corrected chi connectivity index (χ1v) is 7.22. The highest BCUT2D eigenvalue weighted by molar-refractivity contribution is 7.92. The Balaban J connectivity index is 2.85. The zero-order chi connectivity index (χ0) is 13.3. The average molecular weight is 256 g/mol. The third kappa shape index (κ3) is 3.43. The molecule has 96 valence electrons. The van der Waals surface area contributed by atoms with E-state index in [2.05, 4.69) is 4.98 Å². The van der Waals surface area contributed by atoms with E-state index in [-0.39, 0.29) is 5.75 Å². The number of hydrogen-bond acceptors (Lipinski definition) is 4. The zero-order valence-electron chi connectivity index (χ0n) is 10.8. The van der Waals surface area contributed by atoms with Gasteiger partial charge in [-0.05, 0) is 45.2 Å². The lowest BCUT2D eigenvalue weighted by molar-refractivity contribution is 0.559. The van der Waals surface area contributed by atoms with Crippen LogP contribution in [-0.4, -0.2) is 23.9 Å². The predicted molar refractivity (Wildman–Crippen MR) is 70.6 cm³/mol. The molecule has 1 heterocycles. The Morgan fingerprint density at radius 3 is 2.47 bits per heavy atom. The highest BCUT2D eigenvalue weighted by atomic mass is 32.2. The van der Waals surface area contributed by atoms with Crippen LogP contribution < -0.4 is 5.73 Å². The number of sulfone groups is 1. The molecule has 0 unspecified atom stereocenters. The van der Waals surface area contributed by atoms with Crippen LogP contribution in [0.4, 0.5) is 5.82 Å². The summed E-state index contributed by atoms with van der Waals surface area (Å²) < 4.78 is 23.2. The maximum atomic E-state index is 12.0. The number of rotatable bonds is 3. The Labute approximate surface area is 103 Å². The molecule has 0 saturated carbocycles. The maximum Gasteiger partial charge on any atom is 0.155 e. The number of hydrogen-bond donors (Lipinski definition) is 1. The molecular weight excluding hydrogens is 236 g/mol. The van der Waals surface area contributed by atoms with Crippen molar-refractivity contribution in [2.75, 3.05) is 11.5 Å². The minimum Gasteiger partial charge on any atom is -0.383 e. The molecule has 0 aliphatic carbocycles. The molecular formula is C12H20N2O2S. The van der Waals surface area contributed by atoms with Gasteiger partial charge in [0.1, 0.15) is 5.82 Å². The highest BCUT2D eigenvalue weighted by Crippen LogP contribution is 2.19. The number of nitrogens with zero attached hydrogens (tertiary/aromatic N) is 1. The molecule has 0 fully saturated rings. The summed E-state index contributed by atoms with van der Waals surface area (Å²) >= 11 is 0. The lowest BCUT2D eigenvalue weighted by atomic mass is 10.1. The van der Waals surface area contributed by atoms with Gasteiger partial charge in [0.15, 0.2) is 9.84 Å². The second kappa shape index (κ2) is 4.64. The van der Waals surface area contributed by atoms with E-state index in [1.165, 1.54) is 0 Å². The van der Waals surface area contributed by atoms with Crippen LogP contribution in [0.15, 0.2) is 12.3 Å². The topological polar surface area (TPSA) is 73.0 Å². The van der Waals surface area contributed by atoms with Gasteiger partial charge in [-0.2, -0.15) is 0 Å². The molecule has 1 rings (SSSR count). The lowest BCUT2D eigenvalue weighted by Crippen LogP contribution is -2.31. The number of nitrogen functional groups attached to an aromatic ring is 1. The molecule has 4 nitrogen and oxygen atoms in total. The maximum absolute atomic E-state index is 12.0. The highest BCUT2D eigenvalue weighted by Gasteiger charge is 2.28. The van der Waals surface area contributed by atoms with Gasteiger partial charge in [0.05, 0.1) is 10.5 Å². The van der Waals surface area contributed by atoms with Crippen molar-refractivity contribution in [1.29, 1.82) is 0 Å². The normalized spacial score (nSPS) is 12.7. The number of pyridine rings is 1. The fourth-order valence-corrected chi connectivity index (χ4v) is 2.49. The third-order valence-corrected chi connectivity index (χ3v) is 5.32. The second-order valence-corrected chi connectivity index (χ2v) is 8.10. The number of aryl methyl sites for hydroxylation is 2. The molecule has 1 aromatic rings. The van der Waals surface area contributed by atoms with Gasteiger partial charge in [-0.25, -0.2) is 13.4 Å². The van der Waals surface area contributed by atoms with Crippen LogP contribution in [0.25, 0.3) is 0 Å². The Morgan fingerprint density at radius 1 is 1.35 bits per heavy atom. The molecule has 0 saturated heterocycles. The van der Waals surface area contributed by atoms with Crippen LogP contribution in [0.5, 0.6) is 0 Å². The summed E-state index contributed by atoms with van der Waals surface area (Å²) in [7, 11) is -3.11. The van der Waals surface area contributed by atoms with E-state index in [9.17, 15) is 8.42 Å². The standard InChI is InChI=1S/C12H20N2O2S/c1-9-7-10(11(13)14-8-9)5-6-17(15,16)12(2,3)4/h7-8H,5-6H2,1-4H3,(H2,13,14). The van der Waals surface area contributed by atoms with Gasteiger partial charge in [0.25, 0.3) is 0 Å². The van der Waals surface area contributed by atoms with Gasteiger partial charge in [0, 0.05) is 6.20 Å². The number of anilines is 1. The third-order valence-electron chi connectivity index (χ3n) is 2.71. The summed E-state index contributed by atoms with van der Waals surface area (Å²) in [4.78, 5) is 4.02. The molecule has 0 radical (unpaired) electrons. The first kappa shape index (κ1) is 14.0. The molecule has 1 aromatic heterocycles. The van der Waals surface area contributed by atoms with Gasteiger partial charge >= 0.3 is 0 Å². The largest absolute Gasteiger partial charge is 0.383 e. The molecule has 2 N–H and O–H groups in total. The Kier molecular flexibility index (Phi) is 3.81. The minimum atomic E-state index is -3.11. The smallest absolute Gasteiger partial charge is 0.155 e. The van der Waals surface area contributed by atoms with Crippen molar-refractivity contribution < 1.29 is 8.42 Å². The minimum absolute atomic E-state index is 0.103. The Bertz CT molecular complexity index is 502. The lowest BCUT2D eigenvalue weighted by Gasteiger charge is -2.19. The molecule has 0 atom stereocenters. The van der Waals surface area contributed by atoms with Crippen molar-refractivity contribution in [3.63, 3.8) is 0 Å². The second-order valence-electron chi connectivity index (χ2n) is 5.24. The van der Waals surface area contributed by atoms with E-state index in [0.717, 1.165) is 11.1 Å². The van der Waals surface area contributed by atoms with Gasteiger partial charge in [0.2, 0.25) is 0 Å². The predicted octanol–water partition coefficient (Wildman–Crippen LogP) is 1.73. The average Bonchev–Trinajstić information content (AvgIpc) is 2.18. The molecule has 0 aromatic carbocycles. The monoisotopic (exact) mass is 256 g/mol. The van der Waals surface area contributed by atoms with Gasteiger partial charge in [-0.3, -0.25) is 0 Å². The van der Waals surface area contributed by atoms with Crippen LogP contribution >= 0.6 is 0 Å². The van der Waals surface area contributed by atoms with E-state index >= 15 is 0 Å². The quantitative estimate of drug-likeness (QED) is 0.893. The van der Waals surface area contributed by atoms with Crippen LogP contribution in [0.1, 0.15) is 31.9 Å². The summed E-state index contributed by atoms with van der Waals surface area (Å²) in [6.07, 6.45) is 2.09. The van der Waals surface area contributed by atoms with Crippen LogP contribution in [0, 0.1) is 6.92 Å². The van der Waals surface area contributed by atoms with E-state index in [1.807, 2.05) is 13.0 Å². The van der Waals surface area contributed by atoms with Crippen LogP contribution in [0.3, 0.4) is 0 Å². The number of aromatic nitrogens is 1. The van der Waals surface area contributed by atoms with Crippen molar-refractivity contribution in [3.05, 3.63) is 23.4 Å². The van der Waals surface area contributed by atoms with Gasteiger partial charge in [-0.1, -0.05) is 6.07 Å². The molecule has 0 aliphatic heterocycles. The van der Waals surface area contributed by atoms with Crippen LogP contribution in [0.2, 0.25) is 0 Å². The van der Waals surface area contributed by atoms with E-state index < -0.39 is 14.6 Å². The number of nitrogens with two attached hydrogens (primary N) is 1. The Morgan fingerprint density at radius 2 is 1.94 bits per heavy atom. The molecule has 17 heavy (non-hydrogen) atoms. The van der Waals surface area contributed by atoms with Gasteiger partial charge in [-0.15, -0.1) is 0 Å². The molecule has 0 spiro atoms. The first-order valence-electron chi connectivity index (χ1n) is 5.57. The summed E-state index contributed by atoms with van der Waals surface area (Å²) in [6, 6.07) is 1.89. The molecule has 0 aliphatic rings. The summed E-state index contributed by atoms with van der Waals surface area (Å²) in [5, 5.41) is 0. The summed E-state index contributed by atoms with van der Waals surface area (Å²) in [5.74, 6) is 0.519. The molecule has 5 heteroatoms. The van der Waals surface area contributed by atoms with Crippen molar-refractivity contribution in [2.45, 2.75) is 38.9 Å². The summed E-state index contributed by atoms with van der Waals surface area (Å²) in [5.41, 5.74) is 7.51. The summed E-state index contributed by atoms with van der Waals surface area (Å²) in [6.45, 7) is 7.04. The van der Waals surface area contributed by atoms with Crippen molar-refractivity contribution in [2.24, 2.45) is 0 Å². The SMILES string of the molecule is Cc1cnc(N)c(CCS(=O)(=O)C(C)(C)C)c1. The van der Waals surface area contributed by atoms with E-state index in [0.29, 0.717) is 12.2 Å². The van der Waals surface area contributed by atoms with Crippen LogP contribution in [-0.2, 0) is 16.3 Å². The zero-order valence-corrected chi connectivity index (χ0v) is 11.6. The van der Waals surface area contributed by atoms with Gasteiger partial charge < -0.3 is 5.73 Å². The van der Waals surface area contributed by atoms with E-state index in [4.69, 9.17) is 5.73 Å². The van der Waals surface area contributed by atoms with Crippen molar-refractivity contribution in [1.82, 2.24) is 4.98 Å². The van der Waals surface area contributed by atoms with E-state index in [1.54, 1.807) is 27.0 Å². The molecule has 0 bridgehead atoms. The first-order chi connectivity index (χ1) is 7.63. The molecule has 0 amide bonds. The fraction of sp³-hybridized carbons (Fsp3) is 0.583. The van der Waals surface area contributed by atoms with Crippen molar-refractivity contribution in [3.8, 4) is 0 Å². The Hall–Kier alpha value is -1.10. The fourth-order valence-electron chi connectivity index (χ4n) is 1.39.